The Bertz CT molecular complexity index is 1530. The maximum atomic E-state index is 13.3. The van der Waals surface area contributed by atoms with Crippen LogP contribution in [0.3, 0.4) is 0 Å². The number of carbonyl (C=O) groups is 2. The van der Waals surface area contributed by atoms with Crippen molar-refractivity contribution in [2.45, 2.75) is 25.9 Å². The highest BCUT2D eigenvalue weighted by molar-refractivity contribution is 5.94. The van der Waals surface area contributed by atoms with Gasteiger partial charge < -0.3 is 24.6 Å². The minimum Gasteiger partial charge on any atom is -0.486 e. The summed E-state index contributed by atoms with van der Waals surface area (Å²) in [6.45, 7) is 4.66. The number of imidazole rings is 1. The van der Waals surface area contributed by atoms with Crippen molar-refractivity contribution in [1.82, 2.24) is 34.7 Å². The minimum absolute atomic E-state index is 0.113. The van der Waals surface area contributed by atoms with Crippen molar-refractivity contribution in [3.63, 3.8) is 0 Å². The van der Waals surface area contributed by atoms with E-state index in [2.05, 4.69) is 25.2 Å². The fourth-order valence-corrected chi connectivity index (χ4v) is 5.07. The number of nitrogens with one attached hydrogen (secondary N) is 1. The van der Waals surface area contributed by atoms with E-state index < -0.39 is 0 Å². The summed E-state index contributed by atoms with van der Waals surface area (Å²) in [6.07, 6.45) is 10.2. The Hall–Kier alpha value is -5.00. The van der Waals surface area contributed by atoms with Gasteiger partial charge in [0.2, 0.25) is 11.9 Å². The number of hydrogen-bond acceptors (Lipinski definition) is 9. The van der Waals surface area contributed by atoms with Crippen molar-refractivity contribution in [2.24, 2.45) is 0 Å². The monoisotopic (exact) mass is 554 g/mol. The molecule has 0 bridgehead atoms. The number of aryl methyl sites for hydroxylation is 1. The van der Waals surface area contributed by atoms with Crippen molar-refractivity contribution in [1.29, 1.82) is 0 Å². The van der Waals surface area contributed by atoms with E-state index in [1.807, 2.05) is 25.1 Å². The summed E-state index contributed by atoms with van der Waals surface area (Å²) in [4.78, 5) is 47.9. The van der Waals surface area contributed by atoms with Gasteiger partial charge in [0.05, 0.1) is 11.6 Å². The first kappa shape index (κ1) is 26.2. The third-order valence-corrected chi connectivity index (χ3v) is 7.14. The summed E-state index contributed by atoms with van der Waals surface area (Å²) in [5.74, 6) is 2.35. The van der Waals surface area contributed by atoms with Gasteiger partial charge in [0, 0.05) is 69.1 Å². The highest BCUT2D eigenvalue weighted by atomic mass is 16.6. The van der Waals surface area contributed by atoms with Crippen LogP contribution in [-0.4, -0.2) is 80.1 Å². The van der Waals surface area contributed by atoms with Crippen LogP contribution in [0.25, 0.3) is 5.95 Å². The summed E-state index contributed by atoms with van der Waals surface area (Å²) in [6, 6.07) is 8.84. The van der Waals surface area contributed by atoms with Crippen LogP contribution in [-0.2, 0) is 11.3 Å². The lowest BCUT2D eigenvalue weighted by Gasteiger charge is -2.42. The molecule has 1 atom stereocenters. The molecule has 1 unspecified atom stereocenters. The molecule has 210 valence electrons. The molecule has 12 heteroatoms. The molecule has 0 aliphatic carbocycles. The third kappa shape index (κ3) is 5.81. The third-order valence-electron chi connectivity index (χ3n) is 7.14. The normalized spacial score (nSPS) is 16.4. The van der Waals surface area contributed by atoms with E-state index >= 15 is 0 Å². The van der Waals surface area contributed by atoms with E-state index in [0.29, 0.717) is 62.4 Å². The van der Waals surface area contributed by atoms with Crippen molar-refractivity contribution in [2.75, 3.05) is 37.7 Å². The van der Waals surface area contributed by atoms with Gasteiger partial charge >= 0.3 is 0 Å². The van der Waals surface area contributed by atoms with Gasteiger partial charge in [0.15, 0.2) is 11.5 Å². The molecule has 6 rings (SSSR count). The number of fused-ring (bicyclic) bond motifs is 1. The molecule has 1 fully saturated rings. The Labute approximate surface area is 237 Å². The average Bonchev–Trinajstić information content (AvgIpc) is 3.56. The Morgan fingerprint density at radius 2 is 1.93 bits per heavy atom. The Morgan fingerprint density at radius 3 is 2.73 bits per heavy atom. The predicted molar refractivity (Wildman–Crippen MR) is 149 cm³/mol. The maximum Gasteiger partial charge on any atom is 0.255 e. The first-order valence-corrected chi connectivity index (χ1v) is 13.5. The molecule has 0 spiro atoms. The van der Waals surface area contributed by atoms with E-state index in [9.17, 15) is 9.59 Å². The summed E-state index contributed by atoms with van der Waals surface area (Å²) >= 11 is 0. The van der Waals surface area contributed by atoms with Crippen molar-refractivity contribution < 1.29 is 19.1 Å². The molecular weight excluding hydrogens is 524 g/mol. The number of anilines is 1. The van der Waals surface area contributed by atoms with E-state index in [0.717, 1.165) is 16.9 Å². The molecule has 1 N–H and O–H groups in total. The van der Waals surface area contributed by atoms with Gasteiger partial charge in [-0.15, -0.1) is 0 Å². The van der Waals surface area contributed by atoms with Crippen molar-refractivity contribution in [3.05, 3.63) is 84.3 Å². The molecule has 0 saturated carbocycles. The zero-order chi connectivity index (χ0) is 28.2. The second-order valence-corrected chi connectivity index (χ2v) is 9.95. The van der Waals surface area contributed by atoms with Gasteiger partial charge in [-0.3, -0.25) is 19.1 Å². The van der Waals surface area contributed by atoms with Gasteiger partial charge in [-0.2, -0.15) is 4.98 Å². The zero-order valence-corrected chi connectivity index (χ0v) is 22.6. The molecule has 0 radical (unpaired) electrons. The number of ether oxygens (including phenoxy) is 2. The number of aromatic nitrogens is 5. The number of benzene rings is 1. The van der Waals surface area contributed by atoms with Crippen LogP contribution in [0.2, 0.25) is 0 Å². The van der Waals surface area contributed by atoms with Crippen LogP contribution in [0.1, 0.15) is 27.9 Å². The Morgan fingerprint density at radius 1 is 1.05 bits per heavy atom. The molecule has 4 aromatic rings. The second-order valence-electron chi connectivity index (χ2n) is 9.95. The smallest absolute Gasteiger partial charge is 0.255 e. The average molecular weight is 555 g/mol. The molecule has 3 aromatic heterocycles. The fourth-order valence-electron chi connectivity index (χ4n) is 5.07. The topological polar surface area (TPSA) is 128 Å². The van der Waals surface area contributed by atoms with E-state index in [4.69, 9.17) is 14.5 Å². The lowest BCUT2D eigenvalue weighted by atomic mass is 10.1. The summed E-state index contributed by atoms with van der Waals surface area (Å²) in [5, 5.41) is 3.03. The number of piperazine rings is 1. The van der Waals surface area contributed by atoms with Crippen molar-refractivity contribution in [3.8, 4) is 17.4 Å². The molecule has 2 aliphatic rings. The van der Waals surface area contributed by atoms with Gasteiger partial charge in [-0.05, 0) is 36.8 Å². The van der Waals surface area contributed by atoms with Crippen LogP contribution in [0.4, 0.5) is 5.82 Å². The molecule has 1 aromatic carbocycles. The summed E-state index contributed by atoms with van der Waals surface area (Å²) in [7, 11) is 0. The molecule has 2 amide bonds. The number of nitrogens with zero attached hydrogens (tertiary/aromatic N) is 7. The number of rotatable bonds is 7. The molecule has 5 heterocycles. The highest BCUT2D eigenvalue weighted by Gasteiger charge is 2.33. The SMILES string of the molecule is Cc1cnc(-n2ccnc2)nc1N1CCN(C(=O)c2cccnc2)CC1CC(=O)NCc1ccc2c(c1)OCCO2. The maximum absolute atomic E-state index is 13.3. The van der Waals surface area contributed by atoms with E-state index in [1.54, 1.807) is 58.9 Å². The number of carbonyl (C=O) groups excluding carboxylic acids is 2. The Kier molecular flexibility index (Phi) is 7.44. The number of pyridine rings is 1. The van der Waals surface area contributed by atoms with Crippen LogP contribution >= 0.6 is 0 Å². The second kappa shape index (κ2) is 11.6. The van der Waals surface area contributed by atoms with Crippen LogP contribution < -0.4 is 19.7 Å². The minimum atomic E-state index is -0.311. The summed E-state index contributed by atoms with van der Waals surface area (Å²) in [5.41, 5.74) is 2.30. The van der Waals surface area contributed by atoms with E-state index in [-0.39, 0.29) is 24.3 Å². The van der Waals surface area contributed by atoms with Gasteiger partial charge in [-0.25, -0.2) is 9.97 Å². The number of amides is 2. The first-order valence-electron chi connectivity index (χ1n) is 13.5. The molecule has 2 aliphatic heterocycles. The quantitative estimate of drug-likeness (QED) is 0.366. The van der Waals surface area contributed by atoms with Crippen LogP contribution in [0.5, 0.6) is 11.5 Å². The largest absolute Gasteiger partial charge is 0.486 e. The van der Waals surface area contributed by atoms with Gasteiger partial charge in [0.25, 0.3) is 5.91 Å². The molecular formula is C29H30N8O4. The molecule has 1 saturated heterocycles. The Balaban J connectivity index is 1.21. The van der Waals surface area contributed by atoms with Crippen LogP contribution in [0, 0.1) is 6.92 Å². The van der Waals surface area contributed by atoms with Gasteiger partial charge in [0.1, 0.15) is 25.4 Å². The summed E-state index contributed by atoms with van der Waals surface area (Å²) < 4.78 is 13.0. The van der Waals surface area contributed by atoms with Gasteiger partial charge in [-0.1, -0.05) is 6.07 Å². The standard InChI is InChI=1S/C29H30N8O4/c1-20-15-33-29(36-8-7-31-19-36)34-27(20)37-10-9-35(28(39)22-3-2-6-30-17-22)18-23(37)14-26(38)32-16-21-4-5-24-25(13-21)41-12-11-40-24/h2-8,13,15,17,19,23H,9-12,14,16,18H2,1H3,(H,32,38). The lowest BCUT2D eigenvalue weighted by Crippen LogP contribution is -2.56. The zero-order valence-electron chi connectivity index (χ0n) is 22.6. The van der Waals surface area contributed by atoms with E-state index in [1.165, 1.54) is 0 Å². The molecule has 41 heavy (non-hydrogen) atoms. The fraction of sp³-hybridized carbons (Fsp3) is 0.310. The highest BCUT2D eigenvalue weighted by Crippen LogP contribution is 2.31. The lowest BCUT2D eigenvalue weighted by molar-refractivity contribution is -0.121. The number of hydrogen-bond donors (Lipinski definition) is 1. The molecule has 12 nitrogen and oxygen atoms in total. The first-order chi connectivity index (χ1) is 20.0. The van der Waals surface area contributed by atoms with Crippen molar-refractivity contribution >= 4 is 17.6 Å². The van der Waals surface area contributed by atoms with Crippen LogP contribution in [0.15, 0.2) is 67.6 Å². The predicted octanol–water partition coefficient (Wildman–Crippen LogP) is 2.17.